The van der Waals surface area contributed by atoms with Crippen LogP contribution in [0, 0.1) is 5.92 Å². The van der Waals surface area contributed by atoms with Crippen LogP contribution in [-0.2, 0) is 10.0 Å². The van der Waals surface area contributed by atoms with Crippen molar-refractivity contribution in [2.45, 2.75) is 37.1 Å². The molecule has 0 heterocycles. The van der Waals surface area contributed by atoms with Gasteiger partial charge in [0.25, 0.3) is 0 Å². The normalized spacial score (nSPS) is 24.1. The highest BCUT2D eigenvalue weighted by Gasteiger charge is 2.27. The summed E-state index contributed by atoms with van der Waals surface area (Å²) in [5.74, 6) is 0.978. The minimum absolute atomic E-state index is 0.0508. The Bertz CT molecular complexity index is 513. The molecule has 18 heavy (non-hydrogen) atoms. The molecule has 4 nitrogen and oxygen atoms in total. The van der Waals surface area contributed by atoms with Gasteiger partial charge in [0.15, 0.2) is 0 Å². The van der Waals surface area contributed by atoms with Crippen LogP contribution < -0.4 is 9.46 Å². The summed E-state index contributed by atoms with van der Waals surface area (Å²) in [6.07, 6.45) is 2.91. The lowest BCUT2D eigenvalue weighted by atomic mass is 10.1. The molecule has 0 aromatic heterocycles. The Balaban J connectivity index is 2.20. The van der Waals surface area contributed by atoms with E-state index in [9.17, 15) is 8.42 Å². The molecule has 1 fully saturated rings. The molecule has 100 valence electrons. The van der Waals surface area contributed by atoms with Gasteiger partial charge in [0.1, 0.15) is 10.6 Å². The molecular weight excluding hydrogens is 250 g/mol. The molecule has 1 aliphatic carbocycles. The zero-order valence-corrected chi connectivity index (χ0v) is 11.5. The predicted molar refractivity (Wildman–Crippen MR) is 70.1 cm³/mol. The fraction of sp³-hybridized carbons (Fsp3) is 0.538. The smallest absolute Gasteiger partial charge is 0.244 e. The quantitative estimate of drug-likeness (QED) is 0.911. The molecule has 0 spiro atoms. The average molecular weight is 269 g/mol. The fourth-order valence-electron chi connectivity index (χ4n) is 2.44. The summed E-state index contributed by atoms with van der Waals surface area (Å²) in [5.41, 5.74) is 0. The van der Waals surface area contributed by atoms with Crippen molar-refractivity contribution >= 4 is 10.0 Å². The van der Waals surface area contributed by atoms with E-state index < -0.39 is 10.0 Å². The fourth-order valence-corrected chi connectivity index (χ4v) is 3.89. The first-order valence-electron chi connectivity index (χ1n) is 6.18. The van der Waals surface area contributed by atoms with Crippen LogP contribution in [0.15, 0.2) is 29.2 Å². The predicted octanol–water partition coefficient (Wildman–Crippen LogP) is 2.16. The van der Waals surface area contributed by atoms with Crippen LogP contribution in [0.5, 0.6) is 5.75 Å². The van der Waals surface area contributed by atoms with Gasteiger partial charge in [-0.3, -0.25) is 0 Å². The molecule has 5 heteroatoms. The zero-order valence-electron chi connectivity index (χ0n) is 10.7. The van der Waals surface area contributed by atoms with Crippen LogP contribution in [0.2, 0.25) is 0 Å². The van der Waals surface area contributed by atoms with E-state index in [1.807, 2.05) is 0 Å². The monoisotopic (exact) mass is 269 g/mol. The second-order valence-corrected chi connectivity index (χ2v) is 6.57. The average Bonchev–Trinajstić information content (AvgIpc) is 2.74. The first-order chi connectivity index (χ1) is 8.53. The van der Waals surface area contributed by atoms with Crippen LogP contribution in [0.3, 0.4) is 0 Å². The van der Waals surface area contributed by atoms with Gasteiger partial charge in [-0.1, -0.05) is 19.1 Å². The van der Waals surface area contributed by atoms with Gasteiger partial charge in [-0.2, -0.15) is 0 Å². The van der Waals surface area contributed by atoms with E-state index in [1.165, 1.54) is 7.11 Å². The standard InChI is InChI=1S/C13H19NO3S/c1-10-7-8-11(9-10)14-18(15,16)13-6-4-3-5-12(13)17-2/h3-6,10-11,14H,7-9H2,1-2H3. The molecule has 0 amide bonds. The molecule has 0 bridgehead atoms. The molecule has 1 N–H and O–H groups in total. The summed E-state index contributed by atoms with van der Waals surface area (Å²) in [6.45, 7) is 2.15. The number of methoxy groups -OCH3 is 1. The number of benzene rings is 1. The number of hydrogen-bond donors (Lipinski definition) is 1. The second-order valence-electron chi connectivity index (χ2n) is 4.89. The van der Waals surface area contributed by atoms with Gasteiger partial charge in [-0.15, -0.1) is 0 Å². The second kappa shape index (κ2) is 5.28. The van der Waals surface area contributed by atoms with Crippen molar-refractivity contribution in [1.82, 2.24) is 4.72 Å². The Labute approximate surface area is 108 Å². The van der Waals surface area contributed by atoms with Gasteiger partial charge < -0.3 is 4.74 Å². The molecule has 2 atom stereocenters. The topological polar surface area (TPSA) is 55.4 Å². The van der Waals surface area contributed by atoms with E-state index >= 15 is 0 Å². The molecule has 2 unspecified atom stereocenters. The number of rotatable bonds is 4. The maximum atomic E-state index is 12.3. The van der Waals surface area contributed by atoms with Crippen molar-refractivity contribution in [3.63, 3.8) is 0 Å². The van der Waals surface area contributed by atoms with Crippen molar-refractivity contribution < 1.29 is 13.2 Å². The summed E-state index contributed by atoms with van der Waals surface area (Å²) in [6, 6.07) is 6.74. The Hall–Kier alpha value is -1.07. The summed E-state index contributed by atoms with van der Waals surface area (Å²) >= 11 is 0. The van der Waals surface area contributed by atoms with Gasteiger partial charge >= 0.3 is 0 Å². The molecule has 1 aromatic rings. The molecule has 2 rings (SSSR count). The number of hydrogen-bond acceptors (Lipinski definition) is 3. The summed E-state index contributed by atoms with van der Waals surface area (Å²) in [7, 11) is -2.01. The first-order valence-corrected chi connectivity index (χ1v) is 7.66. The third-order valence-corrected chi connectivity index (χ3v) is 4.94. The highest BCUT2D eigenvalue weighted by Crippen LogP contribution is 2.28. The summed E-state index contributed by atoms with van der Waals surface area (Å²) < 4.78 is 32.4. The minimum Gasteiger partial charge on any atom is -0.495 e. The van der Waals surface area contributed by atoms with E-state index in [1.54, 1.807) is 24.3 Å². The molecule has 1 saturated carbocycles. The van der Waals surface area contributed by atoms with Gasteiger partial charge in [0, 0.05) is 6.04 Å². The molecule has 0 aliphatic heterocycles. The van der Waals surface area contributed by atoms with Gasteiger partial charge in [-0.05, 0) is 37.3 Å². The first kappa shape index (κ1) is 13.4. The lowest BCUT2D eigenvalue weighted by Gasteiger charge is -2.14. The molecule has 1 aliphatic rings. The summed E-state index contributed by atoms with van der Waals surface area (Å²) in [5, 5.41) is 0. The van der Waals surface area contributed by atoms with E-state index in [0.717, 1.165) is 19.3 Å². The lowest BCUT2D eigenvalue weighted by Crippen LogP contribution is -2.33. The number of ether oxygens (including phenoxy) is 1. The van der Waals surface area contributed by atoms with Gasteiger partial charge in [0.2, 0.25) is 10.0 Å². The summed E-state index contributed by atoms with van der Waals surface area (Å²) in [4.78, 5) is 0.215. The van der Waals surface area contributed by atoms with E-state index in [2.05, 4.69) is 11.6 Å². The Morgan fingerprint density at radius 1 is 1.28 bits per heavy atom. The Kier molecular flexibility index (Phi) is 3.92. The molecule has 0 radical (unpaired) electrons. The highest BCUT2D eigenvalue weighted by atomic mass is 32.2. The van der Waals surface area contributed by atoms with Gasteiger partial charge in [0.05, 0.1) is 7.11 Å². The van der Waals surface area contributed by atoms with Crippen LogP contribution in [-0.4, -0.2) is 21.6 Å². The third kappa shape index (κ3) is 2.84. The van der Waals surface area contributed by atoms with Crippen LogP contribution in [0.1, 0.15) is 26.2 Å². The number of nitrogens with one attached hydrogen (secondary N) is 1. The molecule has 1 aromatic carbocycles. The van der Waals surface area contributed by atoms with E-state index in [-0.39, 0.29) is 10.9 Å². The third-order valence-electron chi connectivity index (χ3n) is 3.38. The number of sulfonamides is 1. The zero-order chi connectivity index (χ0) is 13.2. The van der Waals surface area contributed by atoms with Crippen LogP contribution >= 0.6 is 0 Å². The van der Waals surface area contributed by atoms with E-state index in [4.69, 9.17) is 4.74 Å². The van der Waals surface area contributed by atoms with Crippen molar-refractivity contribution in [1.29, 1.82) is 0 Å². The lowest BCUT2D eigenvalue weighted by molar-refractivity contribution is 0.402. The van der Waals surface area contributed by atoms with E-state index in [0.29, 0.717) is 11.7 Å². The maximum absolute atomic E-state index is 12.3. The van der Waals surface area contributed by atoms with Crippen molar-refractivity contribution in [2.24, 2.45) is 5.92 Å². The largest absolute Gasteiger partial charge is 0.495 e. The Morgan fingerprint density at radius 2 is 2.00 bits per heavy atom. The Morgan fingerprint density at radius 3 is 2.61 bits per heavy atom. The molecule has 0 saturated heterocycles. The SMILES string of the molecule is COc1ccccc1S(=O)(=O)NC1CCC(C)C1. The van der Waals surface area contributed by atoms with Crippen molar-refractivity contribution in [3.8, 4) is 5.75 Å². The van der Waals surface area contributed by atoms with Crippen molar-refractivity contribution in [2.75, 3.05) is 7.11 Å². The van der Waals surface area contributed by atoms with Crippen molar-refractivity contribution in [3.05, 3.63) is 24.3 Å². The van der Waals surface area contributed by atoms with Crippen LogP contribution in [0.25, 0.3) is 0 Å². The minimum atomic E-state index is -3.48. The van der Waals surface area contributed by atoms with Crippen LogP contribution in [0.4, 0.5) is 0 Å². The highest BCUT2D eigenvalue weighted by molar-refractivity contribution is 7.89. The number of para-hydroxylation sites is 1. The van der Waals surface area contributed by atoms with Gasteiger partial charge in [-0.25, -0.2) is 13.1 Å². The molecular formula is C13H19NO3S. The maximum Gasteiger partial charge on any atom is 0.244 e.